The molecule has 196 valence electrons. The Bertz CT molecular complexity index is 753. The van der Waals surface area contributed by atoms with Gasteiger partial charge in [0.25, 0.3) is 0 Å². The third-order valence-electron chi connectivity index (χ3n) is 12.8. The van der Waals surface area contributed by atoms with Crippen LogP contribution in [0.5, 0.6) is 0 Å². The van der Waals surface area contributed by atoms with Gasteiger partial charge in [-0.15, -0.1) is 0 Å². The summed E-state index contributed by atoms with van der Waals surface area (Å²) in [6.07, 6.45) is 13.3. The van der Waals surface area contributed by atoms with Gasteiger partial charge in [0, 0.05) is 13.0 Å². The molecule has 4 aliphatic carbocycles. The lowest BCUT2D eigenvalue weighted by atomic mass is 9.43. The Hall–Kier alpha value is -0.160. The van der Waals surface area contributed by atoms with E-state index in [0.29, 0.717) is 35.9 Å². The van der Waals surface area contributed by atoms with E-state index in [4.69, 9.17) is 4.74 Å². The summed E-state index contributed by atoms with van der Waals surface area (Å²) in [6, 6.07) is 0. The van der Waals surface area contributed by atoms with Gasteiger partial charge in [-0.25, -0.2) is 0 Å². The molecule has 5 fully saturated rings. The van der Waals surface area contributed by atoms with Gasteiger partial charge in [-0.1, -0.05) is 20.8 Å². The molecule has 1 heterocycles. The number of rotatable bonds is 5. The van der Waals surface area contributed by atoms with Gasteiger partial charge in [-0.2, -0.15) is 0 Å². The summed E-state index contributed by atoms with van der Waals surface area (Å²) in [6.45, 7) is 12.5. The number of hydrogen-bond acceptors (Lipinski definition) is 4. The van der Waals surface area contributed by atoms with Crippen LogP contribution in [0, 0.1) is 46.3 Å². The Labute approximate surface area is 208 Å². The molecule has 4 heteroatoms. The van der Waals surface area contributed by atoms with Gasteiger partial charge in [0.05, 0.1) is 23.4 Å². The molecule has 10 atom stereocenters. The first-order chi connectivity index (χ1) is 15.8. The molecule has 5 rings (SSSR count). The lowest BCUT2D eigenvalue weighted by molar-refractivity contribution is -0.204. The molecule has 0 aromatic heterocycles. The Kier molecular flexibility index (Phi) is 6.32. The maximum absolute atomic E-state index is 11.3. The van der Waals surface area contributed by atoms with E-state index in [-0.39, 0.29) is 0 Å². The smallest absolute Gasteiger partial charge is 0.0930 e. The van der Waals surface area contributed by atoms with Crippen molar-refractivity contribution in [3.8, 4) is 0 Å². The van der Waals surface area contributed by atoms with Crippen molar-refractivity contribution in [1.29, 1.82) is 0 Å². The number of hydrogen-bond donors (Lipinski definition) is 3. The van der Waals surface area contributed by atoms with Gasteiger partial charge in [0.15, 0.2) is 0 Å². The fraction of sp³-hybridized carbons (Fsp3) is 1.00. The van der Waals surface area contributed by atoms with E-state index < -0.39 is 16.8 Å². The highest BCUT2D eigenvalue weighted by atomic mass is 16.5. The molecule has 1 aliphatic heterocycles. The van der Waals surface area contributed by atoms with Crippen LogP contribution in [-0.2, 0) is 4.74 Å². The highest BCUT2D eigenvalue weighted by molar-refractivity contribution is 5.12. The average molecular weight is 477 g/mol. The number of fused-ring (bicyclic) bond motifs is 5. The van der Waals surface area contributed by atoms with Gasteiger partial charge in [0.2, 0.25) is 0 Å². The van der Waals surface area contributed by atoms with Crippen LogP contribution in [0.2, 0.25) is 0 Å². The van der Waals surface area contributed by atoms with Crippen molar-refractivity contribution in [2.75, 3.05) is 13.2 Å². The fourth-order valence-electron chi connectivity index (χ4n) is 10.3. The van der Waals surface area contributed by atoms with Gasteiger partial charge in [0.1, 0.15) is 0 Å². The number of ether oxygens (including phenoxy) is 1. The van der Waals surface area contributed by atoms with Gasteiger partial charge >= 0.3 is 0 Å². The molecule has 0 unspecified atom stereocenters. The molecular formula is C30H52O4. The fourth-order valence-corrected chi connectivity index (χ4v) is 10.3. The minimum atomic E-state index is -1.02. The minimum Gasteiger partial charge on any atom is -0.387 e. The van der Waals surface area contributed by atoms with Crippen LogP contribution in [0.3, 0.4) is 0 Å². The number of aliphatic hydroxyl groups is 3. The lowest BCUT2D eigenvalue weighted by Crippen LogP contribution is -2.60. The van der Waals surface area contributed by atoms with Crippen molar-refractivity contribution in [1.82, 2.24) is 0 Å². The van der Waals surface area contributed by atoms with Crippen LogP contribution < -0.4 is 0 Å². The van der Waals surface area contributed by atoms with Gasteiger partial charge in [-0.3, -0.25) is 0 Å². The first-order valence-electron chi connectivity index (χ1n) is 14.6. The van der Waals surface area contributed by atoms with Crippen molar-refractivity contribution < 1.29 is 20.1 Å². The third-order valence-corrected chi connectivity index (χ3v) is 12.8. The van der Waals surface area contributed by atoms with E-state index in [9.17, 15) is 15.3 Å². The highest BCUT2D eigenvalue weighted by Gasteiger charge is 2.62. The van der Waals surface area contributed by atoms with Crippen LogP contribution in [0.15, 0.2) is 0 Å². The molecule has 0 bridgehead atoms. The highest BCUT2D eigenvalue weighted by Crippen LogP contribution is 2.69. The molecule has 5 aliphatic rings. The van der Waals surface area contributed by atoms with Gasteiger partial charge < -0.3 is 20.1 Å². The molecule has 34 heavy (non-hydrogen) atoms. The average Bonchev–Trinajstić information content (AvgIpc) is 3.35. The summed E-state index contributed by atoms with van der Waals surface area (Å²) >= 11 is 0. The summed E-state index contributed by atoms with van der Waals surface area (Å²) in [4.78, 5) is 0. The van der Waals surface area contributed by atoms with E-state index in [1.165, 1.54) is 38.5 Å². The van der Waals surface area contributed by atoms with Crippen molar-refractivity contribution in [2.45, 2.75) is 128 Å². The van der Waals surface area contributed by atoms with E-state index in [1.54, 1.807) is 13.8 Å². The Balaban J connectivity index is 1.28. The molecule has 4 saturated carbocycles. The van der Waals surface area contributed by atoms with E-state index >= 15 is 0 Å². The molecule has 1 saturated heterocycles. The van der Waals surface area contributed by atoms with Gasteiger partial charge in [-0.05, 0) is 131 Å². The zero-order chi connectivity index (χ0) is 24.6. The quantitative estimate of drug-likeness (QED) is 0.475. The van der Waals surface area contributed by atoms with Crippen LogP contribution in [0.4, 0.5) is 0 Å². The normalized spacial score (nSPS) is 52.1. The maximum Gasteiger partial charge on any atom is 0.0930 e. The van der Waals surface area contributed by atoms with Crippen molar-refractivity contribution in [3.05, 3.63) is 0 Å². The largest absolute Gasteiger partial charge is 0.387 e. The molecule has 0 aromatic rings. The van der Waals surface area contributed by atoms with Crippen LogP contribution in [0.25, 0.3) is 0 Å². The molecule has 3 N–H and O–H groups in total. The second kappa shape index (κ2) is 8.43. The molecule has 0 radical (unpaired) electrons. The Morgan fingerprint density at radius 1 is 0.912 bits per heavy atom. The van der Waals surface area contributed by atoms with Crippen molar-refractivity contribution in [2.24, 2.45) is 46.3 Å². The second-order valence-electron chi connectivity index (χ2n) is 14.7. The summed E-state index contributed by atoms with van der Waals surface area (Å²) in [5.41, 5.74) is -1.78. The Morgan fingerprint density at radius 2 is 1.65 bits per heavy atom. The topological polar surface area (TPSA) is 69.9 Å². The molecule has 4 nitrogen and oxygen atoms in total. The zero-order valence-electron chi connectivity index (χ0n) is 22.6. The molecule has 0 spiro atoms. The molecular weight excluding hydrogens is 424 g/mol. The zero-order valence-corrected chi connectivity index (χ0v) is 22.6. The van der Waals surface area contributed by atoms with Crippen molar-refractivity contribution >= 4 is 0 Å². The Morgan fingerprint density at radius 3 is 2.32 bits per heavy atom. The summed E-state index contributed by atoms with van der Waals surface area (Å²) in [5, 5.41) is 32.8. The SMILES string of the molecule is C[C@H](CC[C@@]1(O)CCOC1)[C@H]1CC[C@H]2[C@@H]3CC[C@H]4C[C@](O)(C(C)(C)O)CC[C@]4(C)[C@H]3CC[C@]12C. The second-order valence-corrected chi connectivity index (χ2v) is 14.7. The first kappa shape index (κ1) is 25.5. The minimum absolute atomic E-state index is 0.317. The predicted octanol–water partition coefficient (Wildman–Crippen LogP) is 5.72. The summed E-state index contributed by atoms with van der Waals surface area (Å²) < 4.78 is 5.49. The van der Waals surface area contributed by atoms with E-state index in [1.807, 2.05) is 0 Å². The first-order valence-corrected chi connectivity index (χ1v) is 14.6. The van der Waals surface area contributed by atoms with Crippen LogP contribution >= 0.6 is 0 Å². The third kappa shape index (κ3) is 3.92. The lowest BCUT2D eigenvalue weighted by Gasteiger charge is -2.63. The van der Waals surface area contributed by atoms with E-state index in [0.717, 1.165) is 62.2 Å². The summed E-state index contributed by atoms with van der Waals surface area (Å²) in [5.74, 6) is 4.43. The summed E-state index contributed by atoms with van der Waals surface area (Å²) in [7, 11) is 0. The van der Waals surface area contributed by atoms with Crippen molar-refractivity contribution in [3.63, 3.8) is 0 Å². The predicted molar refractivity (Wildman–Crippen MR) is 135 cm³/mol. The maximum atomic E-state index is 11.3. The standard InChI is InChI=1S/C30H52O4/c1-20(10-13-29(32)16-17-34-19-29)23-8-9-24-22-7-6-21-18-30(33,26(2,3)31)15-14-27(21,4)25(22)11-12-28(23,24)5/h20-25,31-33H,6-19H2,1-5H3/t20-,21+,22+,23-,24+,25+,27+,28-,29-,30+/m1/s1. The molecule has 0 amide bonds. The molecule has 0 aromatic carbocycles. The van der Waals surface area contributed by atoms with Crippen LogP contribution in [-0.4, -0.2) is 45.3 Å². The monoisotopic (exact) mass is 476 g/mol. The van der Waals surface area contributed by atoms with Crippen LogP contribution in [0.1, 0.15) is 112 Å². The van der Waals surface area contributed by atoms with E-state index in [2.05, 4.69) is 20.8 Å².